The monoisotopic (exact) mass is 377 g/mol. The number of carbonyl (C=O) groups is 2. The Kier molecular flexibility index (Phi) is 5.29. The minimum Gasteiger partial charge on any atom is -0.297 e. The van der Waals surface area contributed by atoms with Gasteiger partial charge in [0.25, 0.3) is 5.91 Å². The van der Waals surface area contributed by atoms with Crippen LogP contribution in [0, 0.1) is 13.8 Å². The molecule has 0 unspecified atom stereocenters. The highest BCUT2D eigenvalue weighted by Crippen LogP contribution is 2.29. The quantitative estimate of drug-likeness (QED) is 0.769. The Hall–Kier alpha value is -2.50. The summed E-state index contributed by atoms with van der Waals surface area (Å²) in [5, 5.41) is 0. The van der Waals surface area contributed by atoms with E-state index >= 15 is 0 Å². The highest BCUT2D eigenvalue weighted by atomic mass is 16.2. The van der Waals surface area contributed by atoms with Crippen molar-refractivity contribution < 1.29 is 9.59 Å². The number of amides is 2. The lowest BCUT2D eigenvalue weighted by molar-refractivity contribution is -0.123. The van der Waals surface area contributed by atoms with Gasteiger partial charge < -0.3 is 0 Å². The molecule has 28 heavy (non-hydrogen) atoms. The molecule has 2 heterocycles. The normalized spacial score (nSPS) is 21.5. The Morgan fingerprint density at radius 2 is 1.64 bits per heavy atom. The summed E-state index contributed by atoms with van der Waals surface area (Å²) in [6.07, 6.45) is 0.283. The van der Waals surface area contributed by atoms with Crippen LogP contribution in [0.5, 0.6) is 0 Å². The second-order valence-electron chi connectivity index (χ2n) is 7.87. The first-order valence-corrected chi connectivity index (χ1v) is 9.97. The molecule has 0 saturated carbocycles. The zero-order chi connectivity index (χ0) is 19.7. The first kappa shape index (κ1) is 18.8. The van der Waals surface area contributed by atoms with E-state index in [1.807, 2.05) is 38.1 Å². The van der Waals surface area contributed by atoms with E-state index in [0.29, 0.717) is 0 Å². The van der Waals surface area contributed by atoms with Gasteiger partial charge in [-0.1, -0.05) is 42.5 Å². The van der Waals surface area contributed by atoms with Crippen LogP contribution in [0.15, 0.2) is 48.5 Å². The molecule has 2 aromatic rings. The van der Waals surface area contributed by atoms with E-state index in [1.54, 1.807) is 0 Å². The van der Waals surface area contributed by atoms with Gasteiger partial charge in [0, 0.05) is 32.7 Å². The molecule has 0 N–H and O–H groups in total. The maximum Gasteiger partial charge on any atom is 0.251 e. The van der Waals surface area contributed by atoms with Gasteiger partial charge in [0.1, 0.15) is 0 Å². The molecule has 0 radical (unpaired) electrons. The molecule has 0 aliphatic carbocycles. The average molecular weight is 377 g/mol. The maximum absolute atomic E-state index is 13.1. The summed E-state index contributed by atoms with van der Waals surface area (Å²) in [6, 6.07) is 16.0. The topological polar surface area (TPSA) is 43.9 Å². The molecular formula is C23H27N3O2. The SMILES string of the molecule is Cc1ccc(C)c(N2C(=O)C[C@@H](N3CCN(Cc4ccccc4)CC3)C2=O)c1. The molecule has 5 heteroatoms. The first-order valence-electron chi connectivity index (χ1n) is 9.97. The van der Waals surface area contributed by atoms with E-state index in [9.17, 15) is 9.59 Å². The lowest BCUT2D eigenvalue weighted by atomic mass is 10.1. The molecule has 2 fully saturated rings. The minimum absolute atomic E-state index is 0.0739. The van der Waals surface area contributed by atoms with Crippen LogP contribution < -0.4 is 4.90 Å². The van der Waals surface area contributed by atoms with Crippen LogP contribution in [0.3, 0.4) is 0 Å². The predicted molar refractivity (Wildman–Crippen MR) is 110 cm³/mol. The van der Waals surface area contributed by atoms with E-state index in [1.165, 1.54) is 10.5 Å². The van der Waals surface area contributed by atoms with Crippen LogP contribution in [0.2, 0.25) is 0 Å². The van der Waals surface area contributed by atoms with Gasteiger partial charge >= 0.3 is 0 Å². The summed E-state index contributed by atoms with van der Waals surface area (Å²) in [5.74, 6) is -0.161. The van der Waals surface area contributed by atoms with Crippen LogP contribution in [0.4, 0.5) is 5.69 Å². The molecule has 0 bridgehead atoms. The van der Waals surface area contributed by atoms with Gasteiger partial charge in [-0.15, -0.1) is 0 Å². The van der Waals surface area contributed by atoms with Gasteiger partial charge in [-0.2, -0.15) is 0 Å². The van der Waals surface area contributed by atoms with Crippen LogP contribution in [-0.2, 0) is 16.1 Å². The van der Waals surface area contributed by atoms with Crippen molar-refractivity contribution in [2.75, 3.05) is 31.1 Å². The number of hydrogen-bond donors (Lipinski definition) is 0. The molecule has 2 aromatic carbocycles. The van der Waals surface area contributed by atoms with Gasteiger partial charge in [-0.05, 0) is 36.6 Å². The van der Waals surface area contributed by atoms with Gasteiger partial charge in [0.05, 0.1) is 18.2 Å². The molecule has 2 aliphatic heterocycles. The molecule has 4 rings (SSSR count). The second kappa shape index (κ2) is 7.86. The average Bonchev–Trinajstić information content (AvgIpc) is 2.99. The number of aryl methyl sites for hydroxylation is 2. The fourth-order valence-corrected chi connectivity index (χ4v) is 4.19. The zero-order valence-electron chi connectivity index (χ0n) is 16.6. The van der Waals surface area contributed by atoms with Gasteiger partial charge in [0.2, 0.25) is 5.91 Å². The van der Waals surface area contributed by atoms with Crippen LogP contribution in [0.25, 0.3) is 0 Å². The van der Waals surface area contributed by atoms with Crippen molar-refractivity contribution in [2.45, 2.75) is 32.9 Å². The largest absolute Gasteiger partial charge is 0.297 e. The third kappa shape index (κ3) is 3.73. The Balaban J connectivity index is 1.41. The van der Waals surface area contributed by atoms with E-state index in [-0.39, 0.29) is 24.3 Å². The zero-order valence-corrected chi connectivity index (χ0v) is 16.6. The van der Waals surface area contributed by atoms with E-state index in [0.717, 1.165) is 49.5 Å². The molecule has 2 amide bonds. The minimum atomic E-state index is -0.328. The van der Waals surface area contributed by atoms with E-state index in [4.69, 9.17) is 0 Å². The third-order valence-electron chi connectivity index (χ3n) is 5.83. The molecule has 0 aromatic heterocycles. The Morgan fingerprint density at radius 3 is 2.36 bits per heavy atom. The number of carbonyl (C=O) groups excluding carboxylic acids is 2. The summed E-state index contributed by atoms with van der Waals surface area (Å²) in [6.45, 7) is 8.32. The molecule has 2 aliphatic rings. The van der Waals surface area contributed by atoms with E-state index in [2.05, 4.69) is 34.1 Å². The number of piperazine rings is 1. The number of anilines is 1. The predicted octanol–water partition coefficient (Wildman–Crippen LogP) is 2.75. The summed E-state index contributed by atoms with van der Waals surface area (Å²) < 4.78 is 0. The fraction of sp³-hybridized carbons (Fsp3) is 0.391. The highest BCUT2D eigenvalue weighted by molar-refractivity contribution is 6.22. The van der Waals surface area contributed by atoms with Crippen molar-refractivity contribution in [3.8, 4) is 0 Å². The fourth-order valence-electron chi connectivity index (χ4n) is 4.19. The number of hydrogen-bond acceptors (Lipinski definition) is 4. The van der Waals surface area contributed by atoms with Crippen LogP contribution in [-0.4, -0.2) is 53.8 Å². The van der Waals surface area contributed by atoms with E-state index < -0.39 is 0 Å². The summed E-state index contributed by atoms with van der Waals surface area (Å²) in [4.78, 5) is 31.8. The van der Waals surface area contributed by atoms with Crippen molar-refractivity contribution in [3.63, 3.8) is 0 Å². The smallest absolute Gasteiger partial charge is 0.251 e. The summed E-state index contributed by atoms with van der Waals surface area (Å²) >= 11 is 0. The molecule has 146 valence electrons. The number of imide groups is 1. The van der Waals surface area contributed by atoms with Gasteiger partial charge in [-0.3, -0.25) is 19.4 Å². The van der Waals surface area contributed by atoms with Gasteiger partial charge in [-0.25, -0.2) is 4.90 Å². The Bertz CT molecular complexity index is 873. The number of benzene rings is 2. The van der Waals surface area contributed by atoms with Gasteiger partial charge in [0.15, 0.2) is 0 Å². The van der Waals surface area contributed by atoms with Crippen molar-refractivity contribution >= 4 is 17.5 Å². The maximum atomic E-state index is 13.1. The Labute approximate surface area is 166 Å². The van der Waals surface area contributed by atoms with Crippen LogP contribution in [0.1, 0.15) is 23.1 Å². The number of rotatable bonds is 4. The molecular weight excluding hydrogens is 350 g/mol. The highest BCUT2D eigenvalue weighted by Gasteiger charge is 2.43. The van der Waals surface area contributed by atoms with Crippen molar-refractivity contribution in [1.82, 2.24) is 9.80 Å². The summed E-state index contributed by atoms with van der Waals surface area (Å²) in [7, 11) is 0. The van der Waals surface area contributed by atoms with Crippen molar-refractivity contribution in [1.29, 1.82) is 0 Å². The Morgan fingerprint density at radius 1 is 0.929 bits per heavy atom. The van der Waals surface area contributed by atoms with Crippen molar-refractivity contribution in [2.24, 2.45) is 0 Å². The second-order valence-corrected chi connectivity index (χ2v) is 7.87. The molecule has 0 spiro atoms. The lowest BCUT2D eigenvalue weighted by Gasteiger charge is -2.37. The molecule has 1 atom stereocenters. The number of nitrogens with zero attached hydrogens (tertiary/aromatic N) is 3. The third-order valence-corrected chi connectivity index (χ3v) is 5.83. The molecule has 2 saturated heterocycles. The molecule has 5 nitrogen and oxygen atoms in total. The first-order chi connectivity index (χ1) is 13.5. The standard InChI is InChI=1S/C23H27N3O2/c1-17-8-9-18(2)20(14-17)26-22(27)15-21(23(26)28)25-12-10-24(11-13-25)16-19-6-4-3-5-7-19/h3-9,14,21H,10-13,15-16H2,1-2H3/t21-/m1/s1. The van der Waals surface area contributed by atoms with Crippen LogP contribution >= 0.6 is 0 Å². The van der Waals surface area contributed by atoms with Crippen molar-refractivity contribution in [3.05, 3.63) is 65.2 Å². The summed E-state index contributed by atoms with van der Waals surface area (Å²) in [5.41, 5.74) is 4.06. The lowest BCUT2D eigenvalue weighted by Crippen LogP contribution is -2.52.